The first-order chi connectivity index (χ1) is 10.0. The van der Waals surface area contributed by atoms with E-state index in [0.717, 1.165) is 18.4 Å². The van der Waals surface area contributed by atoms with Crippen LogP contribution in [-0.4, -0.2) is 28.3 Å². The van der Waals surface area contributed by atoms with Gasteiger partial charge in [0.25, 0.3) is 0 Å². The Balaban J connectivity index is 1.89. The van der Waals surface area contributed by atoms with E-state index >= 15 is 0 Å². The second-order valence-electron chi connectivity index (χ2n) is 6.50. The van der Waals surface area contributed by atoms with E-state index in [1.165, 1.54) is 0 Å². The molecule has 1 aliphatic carbocycles. The van der Waals surface area contributed by atoms with Crippen molar-refractivity contribution >= 4 is 11.8 Å². The summed E-state index contributed by atoms with van der Waals surface area (Å²) in [6.45, 7) is 4.41. The first-order valence-corrected chi connectivity index (χ1v) is 7.66. The van der Waals surface area contributed by atoms with Crippen molar-refractivity contribution < 1.29 is 9.59 Å². The highest BCUT2D eigenvalue weighted by Gasteiger charge is 2.52. The van der Waals surface area contributed by atoms with Gasteiger partial charge in [-0.2, -0.15) is 0 Å². The molecule has 21 heavy (non-hydrogen) atoms. The van der Waals surface area contributed by atoms with Crippen LogP contribution in [0.5, 0.6) is 0 Å². The Kier molecular flexibility index (Phi) is 3.47. The van der Waals surface area contributed by atoms with E-state index in [1.807, 2.05) is 49.1 Å². The number of carbonyl (C=O) groups is 2. The second kappa shape index (κ2) is 5.17. The highest BCUT2D eigenvalue weighted by Crippen LogP contribution is 2.42. The van der Waals surface area contributed by atoms with E-state index in [-0.39, 0.29) is 23.8 Å². The molecule has 1 saturated heterocycles. The molecule has 1 heterocycles. The molecular weight excluding hydrogens is 264 g/mol. The van der Waals surface area contributed by atoms with Crippen molar-refractivity contribution in [2.24, 2.45) is 5.92 Å². The minimum absolute atomic E-state index is 0.0131. The van der Waals surface area contributed by atoms with Gasteiger partial charge in [-0.05, 0) is 38.2 Å². The maximum Gasteiger partial charge on any atom is 0.248 e. The Bertz CT molecular complexity index is 553. The third-order valence-electron chi connectivity index (χ3n) is 4.71. The first-order valence-electron chi connectivity index (χ1n) is 7.66. The Labute approximate surface area is 125 Å². The molecule has 4 heteroatoms. The molecule has 3 rings (SSSR count). The number of nitrogens with zero attached hydrogens (tertiary/aromatic N) is 1. The first kappa shape index (κ1) is 14.1. The molecule has 2 aliphatic rings. The predicted octanol–water partition coefficient (Wildman–Crippen LogP) is 2.09. The molecule has 4 nitrogen and oxygen atoms in total. The van der Waals surface area contributed by atoms with Gasteiger partial charge in [-0.15, -0.1) is 0 Å². The zero-order valence-electron chi connectivity index (χ0n) is 12.6. The lowest BCUT2D eigenvalue weighted by Crippen LogP contribution is -2.57. The van der Waals surface area contributed by atoms with E-state index < -0.39 is 5.54 Å². The van der Waals surface area contributed by atoms with Crippen LogP contribution in [0.4, 0.5) is 0 Å². The maximum absolute atomic E-state index is 13.0. The molecule has 1 aromatic rings. The van der Waals surface area contributed by atoms with Gasteiger partial charge in [0, 0.05) is 19.0 Å². The van der Waals surface area contributed by atoms with Crippen molar-refractivity contribution in [1.29, 1.82) is 0 Å². The fourth-order valence-corrected chi connectivity index (χ4v) is 3.22. The normalized spacial score (nSPS) is 30.0. The highest BCUT2D eigenvalue weighted by molar-refractivity contribution is 5.94. The van der Waals surface area contributed by atoms with Crippen molar-refractivity contribution in [3.63, 3.8) is 0 Å². The van der Waals surface area contributed by atoms with E-state index in [9.17, 15) is 9.59 Å². The zero-order chi connectivity index (χ0) is 15.0. The number of hydrogen-bond acceptors (Lipinski definition) is 2. The third-order valence-corrected chi connectivity index (χ3v) is 4.71. The summed E-state index contributed by atoms with van der Waals surface area (Å²) in [6, 6.07) is 9.90. The van der Waals surface area contributed by atoms with E-state index in [0.29, 0.717) is 13.0 Å². The smallest absolute Gasteiger partial charge is 0.248 e. The largest absolute Gasteiger partial charge is 0.342 e. The summed E-state index contributed by atoms with van der Waals surface area (Å²) in [5, 5.41) is 2.98. The second-order valence-corrected chi connectivity index (χ2v) is 6.50. The van der Waals surface area contributed by atoms with Gasteiger partial charge in [-0.3, -0.25) is 9.59 Å². The number of carbonyl (C=O) groups excluding carboxylic acids is 2. The van der Waals surface area contributed by atoms with Crippen LogP contribution in [0.2, 0.25) is 0 Å². The standard InChI is InChI=1S/C17H22N2O2/c1-12-10-15(20)18-17(2,14-8-9-14)16(21)19(12)11-13-6-4-3-5-7-13/h3-7,12,14H,8-11H2,1-2H3,(H,18,20). The van der Waals surface area contributed by atoms with Crippen molar-refractivity contribution in [2.75, 3.05) is 0 Å². The van der Waals surface area contributed by atoms with Crippen LogP contribution in [0.3, 0.4) is 0 Å². The summed E-state index contributed by atoms with van der Waals surface area (Å²) in [5.74, 6) is 0.338. The molecule has 2 atom stereocenters. The summed E-state index contributed by atoms with van der Waals surface area (Å²) < 4.78 is 0. The van der Waals surface area contributed by atoms with Crippen LogP contribution in [0.1, 0.15) is 38.7 Å². The summed E-state index contributed by atoms with van der Waals surface area (Å²) >= 11 is 0. The van der Waals surface area contributed by atoms with Gasteiger partial charge in [-0.25, -0.2) is 0 Å². The van der Waals surface area contributed by atoms with Gasteiger partial charge < -0.3 is 10.2 Å². The molecule has 1 aliphatic heterocycles. The zero-order valence-corrected chi connectivity index (χ0v) is 12.6. The van der Waals surface area contributed by atoms with Gasteiger partial charge in [-0.1, -0.05) is 30.3 Å². The van der Waals surface area contributed by atoms with Crippen molar-refractivity contribution in [3.05, 3.63) is 35.9 Å². The van der Waals surface area contributed by atoms with Gasteiger partial charge in [0.15, 0.2) is 0 Å². The van der Waals surface area contributed by atoms with E-state index in [2.05, 4.69) is 5.32 Å². The van der Waals surface area contributed by atoms with E-state index in [1.54, 1.807) is 0 Å². The number of rotatable bonds is 3. The topological polar surface area (TPSA) is 49.4 Å². The average molecular weight is 286 g/mol. The molecule has 1 saturated carbocycles. The molecule has 0 bridgehead atoms. The summed E-state index contributed by atoms with van der Waals surface area (Å²) in [7, 11) is 0. The van der Waals surface area contributed by atoms with Gasteiger partial charge in [0.05, 0.1) is 0 Å². The molecule has 0 radical (unpaired) electrons. The lowest BCUT2D eigenvalue weighted by Gasteiger charge is -2.34. The molecule has 0 spiro atoms. The quantitative estimate of drug-likeness (QED) is 0.925. The maximum atomic E-state index is 13.0. The highest BCUT2D eigenvalue weighted by atomic mass is 16.2. The third kappa shape index (κ3) is 2.67. The number of benzene rings is 1. The van der Waals surface area contributed by atoms with Crippen LogP contribution in [0.15, 0.2) is 30.3 Å². The molecule has 0 aromatic heterocycles. The Morgan fingerprint density at radius 1 is 1.24 bits per heavy atom. The predicted molar refractivity (Wildman–Crippen MR) is 80.3 cm³/mol. The Morgan fingerprint density at radius 3 is 2.52 bits per heavy atom. The number of amides is 2. The summed E-state index contributed by atoms with van der Waals surface area (Å²) in [4.78, 5) is 27.0. The van der Waals surface area contributed by atoms with E-state index in [4.69, 9.17) is 0 Å². The molecule has 1 N–H and O–H groups in total. The minimum Gasteiger partial charge on any atom is -0.342 e. The van der Waals surface area contributed by atoms with Crippen LogP contribution >= 0.6 is 0 Å². The monoisotopic (exact) mass is 286 g/mol. The summed E-state index contributed by atoms with van der Waals surface area (Å²) in [6.07, 6.45) is 2.42. The molecule has 112 valence electrons. The van der Waals surface area contributed by atoms with Crippen LogP contribution in [0, 0.1) is 5.92 Å². The molecule has 2 amide bonds. The average Bonchev–Trinajstić information content (AvgIpc) is 3.29. The SMILES string of the molecule is CC1CC(=O)NC(C)(C2CC2)C(=O)N1Cc1ccccc1. The summed E-state index contributed by atoms with van der Waals surface area (Å²) in [5.41, 5.74) is 0.376. The van der Waals surface area contributed by atoms with Crippen LogP contribution < -0.4 is 5.32 Å². The van der Waals surface area contributed by atoms with Gasteiger partial charge in [0.1, 0.15) is 5.54 Å². The van der Waals surface area contributed by atoms with Crippen molar-refractivity contribution in [3.8, 4) is 0 Å². The lowest BCUT2D eigenvalue weighted by molar-refractivity contribution is -0.141. The fourth-order valence-electron chi connectivity index (χ4n) is 3.22. The molecule has 2 fully saturated rings. The fraction of sp³-hybridized carbons (Fsp3) is 0.529. The molecule has 2 unspecified atom stereocenters. The number of nitrogens with one attached hydrogen (secondary N) is 1. The number of hydrogen-bond donors (Lipinski definition) is 1. The molecular formula is C17H22N2O2. The molecule has 1 aromatic carbocycles. The van der Waals surface area contributed by atoms with Gasteiger partial charge >= 0.3 is 0 Å². The van der Waals surface area contributed by atoms with Gasteiger partial charge in [0.2, 0.25) is 11.8 Å². The minimum atomic E-state index is -0.726. The van der Waals surface area contributed by atoms with Crippen molar-refractivity contribution in [2.45, 2.75) is 51.2 Å². The Morgan fingerprint density at radius 2 is 1.90 bits per heavy atom. The Hall–Kier alpha value is -1.84. The van der Waals surface area contributed by atoms with Crippen LogP contribution in [0.25, 0.3) is 0 Å². The lowest BCUT2D eigenvalue weighted by atomic mass is 9.93. The van der Waals surface area contributed by atoms with Crippen molar-refractivity contribution in [1.82, 2.24) is 10.2 Å². The van der Waals surface area contributed by atoms with Crippen LogP contribution in [-0.2, 0) is 16.1 Å².